The van der Waals surface area contributed by atoms with Gasteiger partial charge in [-0.05, 0) is 26.2 Å². The third kappa shape index (κ3) is 6.27. The van der Waals surface area contributed by atoms with Crippen LogP contribution in [0.4, 0.5) is 0 Å². The summed E-state index contributed by atoms with van der Waals surface area (Å²) < 4.78 is 7.52. The molecule has 10 heteroatoms. The summed E-state index contributed by atoms with van der Waals surface area (Å²) in [4.78, 5) is 21.5. The highest BCUT2D eigenvalue weighted by atomic mass is 127. The van der Waals surface area contributed by atoms with Crippen LogP contribution in [0.1, 0.15) is 44.3 Å². The maximum absolute atomic E-state index is 12.6. The van der Waals surface area contributed by atoms with E-state index in [1.165, 1.54) is 0 Å². The van der Waals surface area contributed by atoms with Crippen molar-refractivity contribution in [2.75, 3.05) is 39.3 Å². The van der Waals surface area contributed by atoms with E-state index >= 15 is 0 Å². The van der Waals surface area contributed by atoms with Crippen molar-refractivity contribution in [1.29, 1.82) is 0 Å². The van der Waals surface area contributed by atoms with Crippen molar-refractivity contribution in [3.8, 4) is 0 Å². The van der Waals surface area contributed by atoms with Crippen LogP contribution in [0.5, 0.6) is 0 Å². The third-order valence-electron chi connectivity index (χ3n) is 5.46. The zero-order valence-corrected chi connectivity index (χ0v) is 20.1. The van der Waals surface area contributed by atoms with Crippen LogP contribution in [0.15, 0.2) is 4.99 Å². The van der Waals surface area contributed by atoms with Crippen molar-refractivity contribution in [2.45, 2.75) is 52.2 Å². The molecule has 1 amide bonds. The average molecular weight is 519 g/mol. The Hall–Kier alpha value is -1.43. The van der Waals surface area contributed by atoms with Crippen LogP contribution < -0.4 is 5.32 Å². The van der Waals surface area contributed by atoms with Crippen LogP contribution >= 0.6 is 24.0 Å². The number of amides is 1. The molecule has 1 atom stereocenters. The largest absolute Gasteiger partial charge is 0.368 e. The number of aliphatic imine (C=N–C) groups is 1. The Bertz CT molecular complexity index is 680. The van der Waals surface area contributed by atoms with Crippen LogP contribution in [-0.4, -0.2) is 81.9 Å². The first-order chi connectivity index (χ1) is 13.6. The van der Waals surface area contributed by atoms with Gasteiger partial charge in [0.25, 0.3) is 5.91 Å². The zero-order valence-electron chi connectivity index (χ0n) is 17.8. The molecule has 0 aliphatic carbocycles. The van der Waals surface area contributed by atoms with E-state index in [9.17, 15) is 4.79 Å². The fourth-order valence-electron chi connectivity index (χ4n) is 3.49. The SMILES string of the molecule is CCCCNC(=NCc1nnc(C)n1C)N1CCN(C(=O)C2CCCO2)CC1.I. The summed E-state index contributed by atoms with van der Waals surface area (Å²) in [5.41, 5.74) is 0. The fourth-order valence-corrected chi connectivity index (χ4v) is 3.49. The number of aryl methyl sites for hydroxylation is 1. The lowest BCUT2D eigenvalue weighted by Crippen LogP contribution is -2.55. The maximum atomic E-state index is 12.6. The van der Waals surface area contributed by atoms with Gasteiger partial charge in [-0.15, -0.1) is 34.2 Å². The number of aromatic nitrogens is 3. The van der Waals surface area contributed by atoms with Crippen molar-refractivity contribution in [2.24, 2.45) is 12.0 Å². The monoisotopic (exact) mass is 519 g/mol. The van der Waals surface area contributed by atoms with E-state index in [1.54, 1.807) is 0 Å². The summed E-state index contributed by atoms with van der Waals surface area (Å²) in [5, 5.41) is 11.8. The lowest BCUT2D eigenvalue weighted by Gasteiger charge is -2.37. The molecule has 1 unspecified atom stereocenters. The number of hydrogen-bond donors (Lipinski definition) is 1. The van der Waals surface area contributed by atoms with Crippen LogP contribution in [0.25, 0.3) is 0 Å². The molecular weight excluding hydrogens is 485 g/mol. The van der Waals surface area contributed by atoms with Crippen LogP contribution in [0, 0.1) is 6.92 Å². The Morgan fingerprint density at radius 2 is 1.97 bits per heavy atom. The van der Waals surface area contributed by atoms with Gasteiger partial charge in [-0.1, -0.05) is 13.3 Å². The summed E-state index contributed by atoms with van der Waals surface area (Å²) in [6, 6.07) is 0. The molecular formula is C19H34IN7O2. The van der Waals surface area contributed by atoms with Gasteiger partial charge in [0, 0.05) is 46.4 Å². The quantitative estimate of drug-likeness (QED) is 0.264. The number of guanidine groups is 1. The molecule has 1 N–H and O–H groups in total. The molecule has 2 aliphatic rings. The Kier molecular flexibility index (Phi) is 9.60. The van der Waals surface area contributed by atoms with Crippen molar-refractivity contribution in [1.82, 2.24) is 29.9 Å². The molecule has 1 aromatic rings. The molecule has 3 heterocycles. The van der Waals surface area contributed by atoms with E-state index in [1.807, 2.05) is 23.4 Å². The number of hydrogen-bond acceptors (Lipinski definition) is 5. The van der Waals surface area contributed by atoms with Gasteiger partial charge in [0.15, 0.2) is 11.8 Å². The number of nitrogens with one attached hydrogen (secondary N) is 1. The van der Waals surface area contributed by atoms with Gasteiger partial charge in [0.1, 0.15) is 18.5 Å². The van der Waals surface area contributed by atoms with Crippen molar-refractivity contribution >= 4 is 35.8 Å². The Labute approximate surface area is 190 Å². The molecule has 0 aromatic carbocycles. The minimum Gasteiger partial charge on any atom is -0.368 e. The fraction of sp³-hybridized carbons (Fsp3) is 0.789. The number of ether oxygens (including phenoxy) is 1. The van der Waals surface area contributed by atoms with Gasteiger partial charge in [-0.2, -0.15) is 0 Å². The third-order valence-corrected chi connectivity index (χ3v) is 5.46. The van der Waals surface area contributed by atoms with Crippen molar-refractivity contribution in [3.05, 3.63) is 11.6 Å². The second kappa shape index (κ2) is 11.7. The molecule has 0 saturated carbocycles. The number of nitrogens with zero attached hydrogens (tertiary/aromatic N) is 6. The Balaban J connectivity index is 0.00000300. The Morgan fingerprint density at radius 1 is 1.24 bits per heavy atom. The van der Waals surface area contributed by atoms with Crippen LogP contribution in [0.3, 0.4) is 0 Å². The lowest BCUT2D eigenvalue weighted by atomic mass is 10.2. The van der Waals surface area contributed by atoms with Gasteiger partial charge >= 0.3 is 0 Å². The van der Waals surface area contributed by atoms with Crippen molar-refractivity contribution in [3.63, 3.8) is 0 Å². The lowest BCUT2D eigenvalue weighted by molar-refractivity contribution is -0.142. The predicted octanol–water partition coefficient (Wildman–Crippen LogP) is 1.31. The van der Waals surface area contributed by atoms with E-state index in [2.05, 4.69) is 27.3 Å². The number of carbonyl (C=O) groups excluding carboxylic acids is 1. The standard InChI is InChI=1S/C19H33N7O2.HI/c1-4-5-8-20-19(21-14-17-23-22-15(2)24(17)3)26-11-9-25(10-12-26)18(27)16-7-6-13-28-16;/h16H,4-14H2,1-3H3,(H,20,21);1H. The molecule has 164 valence electrons. The van der Waals surface area contributed by atoms with E-state index in [0.717, 1.165) is 62.9 Å². The van der Waals surface area contributed by atoms with Gasteiger partial charge in [-0.3, -0.25) is 4.79 Å². The molecule has 2 aliphatic heterocycles. The minimum absolute atomic E-state index is 0. The Morgan fingerprint density at radius 3 is 2.55 bits per heavy atom. The van der Waals surface area contributed by atoms with E-state index < -0.39 is 0 Å². The highest BCUT2D eigenvalue weighted by Gasteiger charge is 2.30. The first-order valence-corrected chi connectivity index (χ1v) is 10.4. The molecule has 3 rings (SSSR count). The van der Waals surface area contributed by atoms with E-state index in [0.29, 0.717) is 26.2 Å². The summed E-state index contributed by atoms with van der Waals surface area (Å²) in [5.74, 6) is 2.76. The number of halogens is 1. The molecule has 29 heavy (non-hydrogen) atoms. The van der Waals surface area contributed by atoms with Gasteiger partial charge < -0.3 is 24.4 Å². The number of rotatable bonds is 6. The van der Waals surface area contributed by atoms with Crippen LogP contribution in [-0.2, 0) is 23.1 Å². The zero-order chi connectivity index (χ0) is 19.9. The number of piperazine rings is 1. The van der Waals surface area contributed by atoms with E-state index in [-0.39, 0.29) is 36.0 Å². The second-order valence-electron chi connectivity index (χ2n) is 7.46. The normalized spacial score (nSPS) is 20.0. The minimum atomic E-state index is -0.235. The highest BCUT2D eigenvalue weighted by molar-refractivity contribution is 14.0. The molecule has 2 fully saturated rings. The smallest absolute Gasteiger partial charge is 0.251 e. The summed E-state index contributed by atoms with van der Waals surface area (Å²) in [7, 11) is 1.96. The van der Waals surface area contributed by atoms with Crippen LogP contribution in [0.2, 0.25) is 0 Å². The summed E-state index contributed by atoms with van der Waals surface area (Å²) >= 11 is 0. The molecule has 2 saturated heterocycles. The van der Waals surface area contributed by atoms with Gasteiger partial charge in [0.2, 0.25) is 0 Å². The molecule has 0 bridgehead atoms. The topological polar surface area (TPSA) is 87.9 Å². The van der Waals surface area contributed by atoms with Gasteiger partial charge in [-0.25, -0.2) is 4.99 Å². The molecule has 0 radical (unpaired) electrons. The summed E-state index contributed by atoms with van der Waals surface area (Å²) in [6.07, 6.45) is 3.82. The second-order valence-corrected chi connectivity index (χ2v) is 7.46. The maximum Gasteiger partial charge on any atom is 0.251 e. The van der Waals surface area contributed by atoms with E-state index in [4.69, 9.17) is 9.73 Å². The van der Waals surface area contributed by atoms with Crippen molar-refractivity contribution < 1.29 is 9.53 Å². The molecule has 1 aromatic heterocycles. The predicted molar refractivity (Wildman–Crippen MR) is 122 cm³/mol. The molecule has 0 spiro atoms. The number of carbonyl (C=O) groups is 1. The first kappa shape index (κ1) is 23.8. The van der Waals surface area contributed by atoms with Gasteiger partial charge in [0.05, 0.1) is 0 Å². The average Bonchev–Trinajstić information content (AvgIpc) is 3.36. The first-order valence-electron chi connectivity index (χ1n) is 10.4. The summed E-state index contributed by atoms with van der Waals surface area (Å²) in [6.45, 7) is 9.15. The number of unbranched alkanes of at least 4 members (excludes halogenated alkanes) is 1. The highest BCUT2D eigenvalue weighted by Crippen LogP contribution is 2.16. The molecule has 9 nitrogen and oxygen atoms in total.